The molecule has 0 spiro atoms. The first-order chi connectivity index (χ1) is 7.26. The molecule has 0 aliphatic carbocycles. The fourth-order valence-electron chi connectivity index (χ4n) is 1.51. The monoisotopic (exact) mass is 208 g/mol. The Balaban J connectivity index is 2.38. The van der Waals surface area contributed by atoms with Crippen LogP contribution in [0.1, 0.15) is 17.5 Å². The number of methoxy groups -OCH3 is 1. The SMILES string of the molecule is COCC(CCc1ccc(C)cc1)NN. The number of rotatable bonds is 6. The molecule has 3 N–H and O–H groups in total. The van der Waals surface area contributed by atoms with Crippen molar-refractivity contribution in [2.24, 2.45) is 5.84 Å². The van der Waals surface area contributed by atoms with E-state index >= 15 is 0 Å². The Labute approximate surface area is 91.6 Å². The molecule has 0 saturated heterocycles. The summed E-state index contributed by atoms with van der Waals surface area (Å²) in [5.41, 5.74) is 5.40. The van der Waals surface area contributed by atoms with E-state index in [1.165, 1.54) is 11.1 Å². The molecule has 84 valence electrons. The van der Waals surface area contributed by atoms with Crippen LogP contribution in [0.25, 0.3) is 0 Å². The van der Waals surface area contributed by atoms with E-state index in [9.17, 15) is 0 Å². The number of nitrogens with two attached hydrogens (primary N) is 1. The lowest BCUT2D eigenvalue weighted by molar-refractivity contribution is 0.163. The molecule has 0 radical (unpaired) electrons. The van der Waals surface area contributed by atoms with Crippen molar-refractivity contribution in [3.8, 4) is 0 Å². The molecule has 0 aliphatic heterocycles. The van der Waals surface area contributed by atoms with E-state index in [0.29, 0.717) is 6.61 Å². The van der Waals surface area contributed by atoms with Gasteiger partial charge in [0.15, 0.2) is 0 Å². The fourth-order valence-corrected chi connectivity index (χ4v) is 1.51. The minimum Gasteiger partial charge on any atom is -0.383 e. The number of aryl methyl sites for hydroxylation is 2. The summed E-state index contributed by atoms with van der Waals surface area (Å²) in [4.78, 5) is 0. The second kappa shape index (κ2) is 6.56. The number of hydrazine groups is 1. The van der Waals surface area contributed by atoms with Crippen molar-refractivity contribution >= 4 is 0 Å². The highest BCUT2D eigenvalue weighted by atomic mass is 16.5. The van der Waals surface area contributed by atoms with Gasteiger partial charge in [0.1, 0.15) is 0 Å². The minimum atomic E-state index is 0.233. The maximum absolute atomic E-state index is 5.42. The standard InChI is InChI=1S/C12H20N2O/c1-10-3-5-11(6-4-10)7-8-12(14-13)9-15-2/h3-6,12,14H,7-9,13H2,1-2H3. The summed E-state index contributed by atoms with van der Waals surface area (Å²) >= 11 is 0. The molecule has 3 nitrogen and oxygen atoms in total. The summed E-state index contributed by atoms with van der Waals surface area (Å²) in [5, 5.41) is 0. The van der Waals surface area contributed by atoms with Crippen LogP contribution < -0.4 is 11.3 Å². The summed E-state index contributed by atoms with van der Waals surface area (Å²) < 4.78 is 5.06. The van der Waals surface area contributed by atoms with E-state index in [1.54, 1.807) is 7.11 Å². The topological polar surface area (TPSA) is 47.3 Å². The molecule has 0 amide bonds. The number of hydrogen-bond donors (Lipinski definition) is 2. The Kier molecular flexibility index (Phi) is 5.32. The third kappa shape index (κ3) is 4.42. The lowest BCUT2D eigenvalue weighted by atomic mass is 10.0. The number of ether oxygens (including phenoxy) is 1. The molecule has 0 heterocycles. The van der Waals surface area contributed by atoms with Crippen molar-refractivity contribution in [2.75, 3.05) is 13.7 Å². The van der Waals surface area contributed by atoms with E-state index in [4.69, 9.17) is 10.6 Å². The highest BCUT2D eigenvalue weighted by Crippen LogP contribution is 2.07. The van der Waals surface area contributed by atoms with E-state index in [-0.39, 0.29) is 6.04 Å². The second-order valence-electron chi connectivity index (χ2n) is 3.84. The van der Waals surface area contributed by atoms with Crippen LogP contribution in [0.4, 0.5) is 0 Å². The Morgan fingerprint density at radius 1 is 1.33 bits per heavy atom. The van der Waals surface area contributed by atoms with Crippen LogP contribution >= 0.6 is 0 Å². The van der Waals surface area contributed by atoms with Crippen LogP contribution in [0, 0.1) is 6.92 Å². The third-order valence-electron chi connectivity index (χ3n) is 2.51. The van der Waals surface area contributed by atoms with Crippen LogP contribution in [-0.2, 0) is 11.2 Å². The van der Waals surface area contributed by atoms with Crippen LogP contribution in [0.2, 0.25) is 0 Å². The Hall–Kier alpha value is -0.900. The predicted octanol–water partition coefficient (Wildman–Crippen LogP) is 1.41. The van der Waals surface area contributed by atoms with Crippen LogP contribution in [0.3, 0.4) is 0 Å². The molecule has 0 saturated carbocycles. The van der Waals surface area contributed by atoms with Gasteiger partial charge in [-0.3, -0.25) is 11.3 Å². The predicted molar refractivity (Wildman–Crippen MR) is 62.5 cm³/mol. The fraction of sp³-hybridized carbons (Fsp3) is 0.500. The van der Waals surface area contributed by atoms with Gasteiger partial charge in [0.25, 0.3) is 0 Å². The number of nitrogens with one attached hydrogen (secondary N) is 1. The van der Waals surface area contributed by atoms with Crippen molar-refractivity contribution < 1.29 is 4.74 Å². The van der Waals surface area contributed by atoms with Gasteiger partial charge in [0.05, 0.1) is 6.61 Å². The average molecular weight is 208 g/mol. The third-order valence-corrected chi connectivity index (χ3v) is 2.51. The molecular weight excluding hydrogens is 188 g/mol. The maximum Gasteiger partial charge on any atom is 0.0629 e. The van der Waals surface area contributed by atoms with Crippen molar-refractivity contribution in [2.45, 2.75) is 25.8 Å². The summed E-state index contributed by atoms with van der Waals surface area (Å²) in [6.45, 7) is 2.75. The molecular formula is C12H20N2O. The molecule has 0 bridgehead atoms. The molecule has 0 aliphatic rings. The number of benzene rings is 1. The van der Waals surface area contributed by atoms with Crippen molar-refractivity contribution in [1.29, 1.82) is 0 Å². The van der Waals surface area contributed by atoms with Crippen molar-refractivity contribution in [3.63, 3.8) is 0 Å². The van der Waals surface area contributed by atoms with Gasteiger partial charge in [-0.05, 0) is 25.3 Å². The van der Waals surface area contributed by atoms with Crippen LogP contribution in [0.5, 0.6) is 0 Å². The first kappa shape index (κ1) is 12.2. The van der Waals surface area contributed by atoms with E-state index in [2.05, 4.69) is 36.6 Å². The highest BCUT2D eigenvalue weighted by Gasteiger charge is 2.05. The quantitative estimate of drug-likeness (QED) is 0.549. The lowest BCUT2D eigenvalue weighted by Gasteiger charge is -2.14. The first-order valence-electron chi connectivity index (χ1n) is 5.27. The molecule has 15 heavy (non-hydrogen) atoms. The molecule has 3 heteroatoms. The summed E-state index contributed by atoms with van der Waals surface area (Å²) in [6, 6.07) is 8.83. The zero-order valence-electron chi connectivity index (χ0n) is 9.49. The van der Waals surface area contributed by atoms with Crippen molar-refractivity contribution in [3.05, 3.63) is 35.4 Å². The van der Waals surface area contributed by atoms with Gasteiger partial charge < -0.3 is 4.74 Å². The van der Waals surface area contributed by atoms with Gasteiger partial charge in [-0.15, -0.1) is 0 Å². The Morgan fingerprint density at radius 3 is 2.53 bits per heavy atom. The summed E-state index contributed by atoms with van der Waals surface area (Å²) in [5.74, 6) is 5.42. The molecule has 1 aromatic rings. The van der Waals surface area contributed by atoms with Gasteiger partial charge in [-0.2, -0.15) is 0 Å². The van der Waals surface area contributed by atoms with E-state index in [1.807, 2.05) is 0 Å². The number of hydrogen-bond acceptors (Lipinski definition) is 3. The lowest BCUT2D eigenvalue weighted by Crippen LogP contribution is -2.38. The minimum absolute atomic E-state index is 0.233. The average Bonchev–Trinajstić information content (AvgIpc) is 2.26. The summed E-state index contributed by atoms with van der Waals surface area (Å²) in [7, 11) is 1.69. The van der Waals surface area contributed by atoms with E-state index in [0.717, 1.165) is 12.8 Å². The smallest absolute Gasteiger partial charge is 0.0629 e. The zero-order valence-corrected chi connectivity index (χ0v) is 9.49. The van der Waals surface area contributed by atoms with Gasteiger partial charge in [0.2, 0.25) is 0 Å². The van der Waals surface area contributed by atoms with Gasteiger partial charge in [0, 0.05) is 13.2 Å². The molecule has 1 atom stereocenters. The zero-order chi connectivity index (χ0) is 11.1. The molecule has 0 aromatic heterocycles. The largest absolute Gasteiger partial charge is 0.383 e. The van der Waals surface area contributed by atoms with Gasteiger partial charge in [-0.1, -0.05) is 29.8 Å². The molecule has 1 rings (SSSR count). The Bertz CT molecular complexity index is 271. The second-order valence-corrected chi connectivity index (χ2v) is 3.84. The van der Waals surface area contributed by atoms with Crippen molar-refractivity contribution in [1.82, 2.24) is 5.43 Å². The van der Waals surface area contributed by atoms with Crippen LogP contribution in [-0.4, -0.2) is 19.8 Å². The summed E-state index contributed by atoms with van der Waals surface area (Å²) in [6.07, 6.45) is 2.02. The maximum atomic E-state index is 5.42. The van der Waals surface area contributed by atoms with Gasteiger partial charge >= 0.3 is 0 Å². The molecule has 0 fully saturated rings. The molecule has 1 aromatic carbocycles. The van der Waals surface area contributed by atoms with E-state index < -0.39 is 0 Å². The highest BCUT2D eigenvalue weighted by molar-refractivity contribution is 5.21. The first-order valence-corrected chi connectivity index (χ1v) is 5.27. The molecule has 1 unspecified atom stereocenters. The van der Waals surface area contributed by atoms with Gasteiger partial charge in [-0.25, -0.2) is 0 Å². The Morgan fingerprint density at radius 2 is 2.00 bits per heavy atom. The van der Waals surface area contributed by atoms with Crippen LogP contribution in [0.15, 0.2) is 24.3 Å². The normalized spacial score (nSPS) is 12.7.